The van der Waals surface area contributed by atoms with Gasteiger partial charge in [-0.05, 0) is 51.0 Å². The van der Waals surface area contributed by atoms with E-state index >= 15 is 0 Å². The highest BCUT2D eigenvalue weighted by Gasteiger charge is 2.21. The van der Waals surface area contributed by atoms with Gasteiger partial charge in [0.1, 0.15) is 11.9 Å². The zero-order chi connectivity index (χ0) is 17.9. The maximum absolute atomic E-state index is 5.96. The molecule has 26 heavy (non-hydrogen) atoms. The Balaban J connectivity index is 0.00000338. The first-order valence-electron chi connectivity index (χ1n) is 9.75. The molecule has 1 aromatic rings. The van der Waals surface area contributed by atoms with Gasteiger partial charge in [-0.25, -0.2) is 4.99 Å². The Bertz CT molecular complexity index is 509. The molecule has 2 N–H and O–H groups in total. The number of rotatable bonds is 10. The van der Waals surface area contributed by atoms with Crippen molar-refractivity contribution >= 4 is 29.9 Å². The van der Waals surface area contributed by atoms with E-state index in [1.807, 2.05) is 12.1 Å². The van der Waals surface area contributed by atoms with Crippen LogP contribution in [-0.4, -0.2) is 56.2 Å². The summed E-state index contributed by atoms with van der Waals surface area (Å²) in [4.78, 5) is 7.17. The predicted octanol–water partition coefficient (Wildman–Crippen LogP) is 3.29. The van der Waals surface area contributed by atoms with Crippen molar-refractivity contribution in [2.45, 2.75) is 46.1 Å². The number of ether oxygens (including phenoxy) is 1. The molecule has 0 amide bonds. The quantitative estimate of drug-likeness (QED) is 0.237. The molecule has 0 aliphatic carbocycles. The lowest BCUT2D eigenvalue weighted by Crippen LogP contribution is -2.38. The molecule has 0 fully saturated rings. The van der Waals surface area contributed by atoms with Crippen LogP contribution < -0.4 is 15.4 Å². The molecule has 0 radical (unpaired) electrons. The number of unbranched alkanes of at least 4 members (excludes halogenated alkanes) is 1. The highest BCUT2D eigenvalue weighted by Crippen LogP contribution is 2.28. The minimum absolute atomic E-state index is 0. The fraction of sp³-hybridized carbons (Fsp3) is 0.650. The molecule has 1 aromatic carbocycles. The summed E-state index contributed by atoms with van der Waals surface area (Å²) in [7, 11) is 0. The Labute approximate surface area is 176 Å². The van der Waals surface area contributed by atoms with E-state index < -0.39 is 0 Å². The molecule has 0 spiro atoms. The van der Waals surface area contributed by atoms with Gasteiger partial charge in [0.15, 0.2) is 5.96 Å². The number of halogens is 1. The summed E-state index contributed by atoms with van der Waals surface area (Å²) in [6.45, 7) is 12.5. The minimum atomic E-state index is 0. The average molecular weight is 474 g/mol. The van der Waals surface area contributed by atoms with E-state index in [0.717, 1.165) is 50.7 Å². The van der Waals surface area contributed by atoms with Gasteiger partial charge in [-0.3, -0.25) is 0 Å². The van der Waals surface area contributed by atoms with Crippen molar-refractivity contribution in [2.24, 2.45) is 4.99 Å². The fourth-order valence-corrected chi connectivity index (χ4v) is 3.10. The van der Waals surface area contributed by atoms with Gasteiger partial charge in [0.25, 0.3) is 0 Å². The van der Waals surface area contributed by atoms with Gasteiger partial charge < -0.3 is 20.3 Å². The third kappa shape index (κ3) is 7.70. The predicted molar refractivity (Wildman–Crippen MR) is 121 cm³/mol. The van der Waals surface area contributed by atoms with Crippen LogP contribution in [0, 0.1) is 0 Å². The largest absolute Gasteiger partial charge is 0.488 e. The zero-order valence-corrected chi connectivity index (χ0v) is 18.8. The van der Waals surface area contributed by atoms with E-state index in [0.29, 0.717) is 6.54 Å². The lowest BCUT2D eigenvalue weighted by atomic mass is 10.1. The Morgan fingerprint density at radius 3 is 2.62 bits per heavy atom. The van der Waals surface area contributed by atoms with Crippen molar-refractivity contribution < 1.29 is 4.74 Å². The Hall–Kier alpha value is -1.02. The molecule has 1 unspecified atom stereocenters. The van der Waals surface area contributed by atoms with E-state index in [4.69, 9.17) is 9.73 Å². The van der Waals surface area contributed by atoms with Gasteiger partial charge >= 0.3 is 0 Å². The number of nitrogens with zero attached hydrogens (tertiary/aromatic N) is 2. The molecule has 148 valence electrons. The number of nitrogens with one attached hydrogen (secondary N) is 2. The molecule has 1 aliphatic heterocycles. The number of guanidine groups is 1. The monoisotopic (exact) mass is 474 g/mol. The van der Waals surface area contributed by atoms with Crippen LogP contribution in [0.25, 0.3) is 0 Å². The van der Waals surface area contributed by atoms with Crippen molar-refractivity contribution in [3.63, 3.8) is 0 Å². The van der Waals surface area contributed by atoms with Crippen LogP contribution in [0.2, 0.25) is 0 Å². The van der Waals surface area contributed by atoms with Crippen LogP contribution >= 0.6 is 24.0 Å². The van der Waals surface area contributed by atoms with Crippen molar-refractivity contribution in [3.05, 3.63) is 29.8 Å². The smallest absolute Gasteiger partial charge is 0.191 e. The highest BCUT2D eigenvalue weighted by atomic mass is 127. The van der Waals surface area contributed by atoms with E-state index in [9.17, 15) is 0 Å². The van der Waals surface area contributed by atoms with Crippen LogP contribution in [0.15, 0.2) is 29.3 Å². The van der Waals surface area contributed by atoms with Crippen LogP contribution in [0.4, 0.5) is 0 Å². The molecule has 0 aromatic heterocycles. The number of hydrogen-bond acceptors (Lipinski definition) is 3. The topological polar surface area (TPSA) is 48.9 Å². The van der Waals surface area contributed by atoms with Gasteiger partial charge in [0.05, 0.1) is 6.54 Å². The number of benzene rings is 1. The zero-order valence-electron chi connectivity index (χ0n) is 16.5. The van der Waals surface area contributed by atoms with Crippen LogP contribution in [0.3, 0.4) is 0 Å². The molecule has 2 rings (SSSR count). The van der Waals surface area contributed by atoms with Crippen molar-refractivity contribution in [1.29, 1.82) is 0 Å². The maximum Gasteiger partial charge on any atom is 0.191 e. The average Bonchev–Trinajstić information content (AvgIpc) is 3.05. The number of hydrogen-bond donors (Lipinski definition) is 2. The first-order valence-corrected chi connectivity index (χ1v) is 9.75. The van der Waals surface area contributed by atoms with Gasteiger partial charge in [-0.15, -0.1) is 24.0 Å². The summed E-state index contributed by atoms with van der Waals surface area (Å²) in [5, 5.41) is 6.76. The number of fused-ring (bicyclic) bond motifs is 1. The summed E-state index contributed by atoms with van der Waals surface area (Å²) in [5.74, 6) is 1.90. The second kappa shape index (κ2) is 13.2. The van der Waals surface area contributed by atoms with Gasteiger partial charge in [-0.2, -0.15) is 0 Å². The van der Waals surface area contributed by atoms with E-state index in [1.165, 1.54) is 18.5 Å². The molecule has 1 atom stereocenters. The minimum Gasteiger partial charge on any atom is -0.488 e. The van der Waals surface area contributed by atoms with Crippen LogP contribution in [0.5, 0.6) is 5.75 Å². The first-order chi connectivity index (χ1) is 12.3. The molecule has 0 saturated carbocycles. The van der Waals surface area contributed by atoms with Gasteiger partial charge in [0.2, 0.25) is 0 Å². The lowest BCUT2D eigenvalue weighted by molar-refractivity contribution is 0.241. The van der Waals surface area contributed by atoms with Crippen LogP contribution in [0.1, 0.15) is 39.2 Å². The summed E-state index contributed by atoms with van der Waals surface area (Å²) >= 11 is 0. The Morgan fingerprint density at radius 2 is 1.92 bits per heavy atom. The first kappa shape index (κ1) is 23.0. The molecule has 0 saturated heterocycles. The van der Waals surface area contributed by atoms with E-state index in [-0.39, 0.29) is 30.1 Å². The third-order valence-electron chi connectivity index (χ3n) is 4.60. The molecular formula is C20H35IN4O. The van der Waals surface area contributed by atoms with Gasteiger partial charge in [-0.1, -0.05) is 32.0 Å². The molecule has 6 heteroatoms. The molecule has 1 heterocycles. The highest BCUT2D eigenvalue weighted by molar-refractivity contribution is 14.0. The second-order valence-corrected chi connectivity index (χ2v) is 6.43. The molecule has 0 bridgehead atoms. The lowest BCUT2D eigenvalue weighted by Gasteiger charge is -2.18. The summed E-state index contributed by atoms with van der Waals surface area (Å²) in [6.07, 6.45) is 3.47. The molecule has 5 nitrogen and oxygen atoms in total. The second-order valence-electron chi connectivity index (χ2n) is 6.43. The molecular weight excluding hydrogens is 439 g/mol. The van der Waals surface area contributed by atoms with Crippen LogP contribution in [-0.2, 0) is 6.42 Å². The standard InChI is InChI=1S/C20H34N4O.HI/c1-4-21-20(22-13-9-10-14-24(5-2)6-3)23-16-18-15-17-11-7-8-12-19(17)25-18;/h7-8,11-12,18H,4-6,9-10,13-16H2,1-3H3,(H2,21,22,23);1H. The fourth-order valence-electron chi connectivity index (χ4n) is 3.10. The SMILES string of the molecule is CCNC(=NCC1Cc2ccccc2O1)NCCCCN(CC)CC.I. The summed E-state index contributed by atoms with van der Waals surface area (Å²) < 4.78 is 5.96. The van der Waals surface area contributed by atoms with E-state index in [1.54, 1.807) is 0 Å². The van der Waals surface area contributed by atoms with Gasteiger partial charge in [0, 0.05) is 19.5 Å². The number of para-hydroxylation sites is 1. The summed E-state index contributed by atoms with van der Waals surface area (Å²) in [5.41, 5.74) is 1.29. The van der Waals surface area contributed by atoms with E-state index in [2.05, 4.69) is 48.4 Å². The van der Waals surface area contributed by atoms with Crippen molar-refractivity contribution in [1.82, 2.24) is 15.5 Å². The number of aliphatic imine (C=N–C) groups is 1. The molecule has 1 aliphatic rings. The normalized spacial score (nSPS) is 16.0. The third-order valence-corrected chi connectivity index (χ3v) is 4.60. The maximum atomic E-state index is 5.96. The Kier molecular flexibility index (Phi) is 11.7. The van der Waals surface area contributed by atoms with Crippen molar-refractivity contribution in [3.8, 4) is 5.75 Å². The van der Waals surface area contributed by atoms with Crippen molar-refractivity contribution in [2.75, 3.05) is 39.3 Å². The Morgan fingerprint density at radius 1 is 1.15 bits per heavy atom. The summed E-state index contributed by atoms with van der Waals surface area (Å²) in [6, 6.07) is 8.27.